The van der Waals surface area contributed by atoms with Crippen LogP contribution in [0, 0.1) is 28.6 Å². The van der Waals surface area contributed by atoms with Crippen molar-refractivity contribution in [1.29, 1.82) is 0 Å². The SMILES string of the molecule is CCc1ccc([C@H]2C[C@]3(C)[C@@H](O)CC[C@H]3[C@@H]3CCC4=C(CCC5(C4)OCC(C)(C)CO5)[C@H]32)cc1. The highest BCUT2D eigenvalue weighted by Crippen LogP contribution is 2.65. The maximum atomic E-state index is 11.1. The van der Waals surface area contributed by atoms with Gasteiger partial charge in [-0.1, -0.05) is 63.1 Å². The smallest absolute Gasteiger partial charge is 0.172 e. The van der Waals surface area contributed by atoms with Crippen LogP contribution in [0.3, 0.4) is 0 Å². The Bertz CT molecular complexity index is 949. The second-order valence-corrected chi connectivity index (χ2v) is 13.3. The lowest BCUT2D eigenvalue weighted by Crippen LogP contribution is -2.52. The molecule has 0 aromatic heterocycles. The summed E-state index contributed by atoms with van der Waals surface area (Å²) in [7, 11) is 0. The Morgan fingerprint density at radius 1 is 0.971 bits per heavy atom. The molecule has 1 spiro atoms. The fraction of sp³-hybridized carbons (Fsp3) is 0.742. The predicted molar refractivity (Wildman–Crippen MR) is 136 cm³/mol. The van der Waals surface area contributed by atoms with Gasteiger partial charge >= 0.3 is 0 Å². The van der Waals surface area contributed by atoms with Crippen molar-refractivity contribution < 1.29 is 14.6 Å². The standard InChI is InChI=1S/C31H44O3/c1-5-20-6-8-21(9-7-20)25-17-30(4)26(12-13-27(30)32)24-11-10-22-16-31(15-14-23(22)28(24)25)33-18-29(2,3)19-34-31/h6-9,24-28,32H,5,10-19H2,1-4H3/t24-,25+,26-,27-,28+,30-/m0/s1. The molecule has 186 valence electrons. The summed E-state index contributed by atoms with van der Waals surface area (Å²) in [6.07, 6.45) is 9.79. The van der Waals surface area contributed by atoms with Crippen LogP contribution in [0.5, 0.6) is 0 Å². The summed E-state index contributed by atoms with van der Waals surface area (Å²) in [4.78, 5) is 0. The van der Waals surface area contributed by atoms with Gasteiger partial charge in [0.25, 0.3) is 0 Å². The molecule has 6 atom stereocenters. The van der Waals surface area contributed by atoms with Crippen LogP contribution in [0.1, 0.15) is 96.1 Å². The first-order valence-electron chi connectivity index (χ1n) is 14.0. The molecule has 1 aromatic rings. The molecule has 5 aliphatic rings. The first kappa shape index (κ1) is 23.3. The molecular weight excluding hydrogens is 420 g/mol. The van der Waals surface area contributed by atoms with Crippen LogP contribution in [-0.4, -0.2) is 30.2 Å². The highest BCUT2D eigenvalue weighted by Gasteiger charge is 2.59. The highest BCUT2D eigenvalue weighted by atomic mass is 16.7. The van der Waals surface area contributed by atoms with Crippen molar-refractivity contribution in [2.45, 2.75) is 103 Å². The third-order valence-electron chi connectivity index (χ3n) is 10.6. The molecule has 2 saturated carbocycles. The fourth-order valence-electron chi connectivity index (χ4n) is 8.60. The Hall–Kier alpha value is -1.16. The van der Waals surface area contributed by atoms with Gasteiger partial charge in [-0.05, 0) is 85.2 Å². The minimum atomic E-state index is -0.383. The van der Waals surface area contributed by atoms with Gasteiger partial charge in [0.15, 0.2) is 5.79 Å². The topological polar surface area (TPSA) is 38.7 Å². The summed E-state index contributed by atoms with van der Waals surface area (Å²) in [5, 5.41) is 11.1. The third-order valence-corrected chi connectivity index (χ3v) is 10.6. The summed E-state index contributed by atoms with van der Waals surface area (Å²) in [5.74, 6) is 2.11. The van der Waals surface area contributed by atoms with Crippen molar-refractivity contribution in [3.8, 4) is 0 Å². The lowest BCUT2D eigenvalue weighted by molar-refractivity contribution is -0.303. The first-order chi connectivity index (χ1) is 16.2. The fourth-order valence-corrected chi connectivity index (χ4v) is 8.60. The summed E-state index contributed by atoms with van der Waals surface area (Å²) in [6, 6.07) is 9.48. The summed E-state index contributed by atoms with van der Waals surface area (Å²) in [6.45, 7) is 10.7. The van der Waals surface area contributed by atoms with Crippen LogP contribution in [0.2, 0.25) is 0 Å². The van der Waals surface area contributed by atoms with Gasteiger partial charge in [0.05, 0.1) is 19.3 Å². The van der Waals surface area contributed by atoms with Crippen molar-refractivity contribution in [2.24, 2.45) is 28.6 Å². The molecule has 0 radical (unpaired) electrons. The van der Waals surface area contributed by atoms with Crippen molar-refractivity contribution in [1.82, 2.24) is 0 Å². The van der Waals surface area contributed by atoms with Gasteiger partial charge in [0, 0.05) is 18.3 Å². The van der Waals surface area contributed by atoms with Gasteiger partial charge < -0.3 is 14.6 Å². The molecule has 1 aliphatic heterocycles. The van der Waals surface area contributed by atoms with Gasteiger partial charge in [0.1, 0.15) is 0 Å². The van der Waals surface area contributed by atoms with Crippen molar-refractivity contribution in [3.05, 3.63) is 46.5 Å². The van der Waals surface area contributed by atoms with Crippen LogP contribution in [0.15, 0.2) is 35.4 Å². The van der Waals surface area contributed by atoms with E-state index in [0.717, 1.165) is 51.7 Å². The van der Waals surface area contributed by atoms with Crippen molar-refractivity contribution in [3.63, 3.8) is 0 Å². The first-order valence-corrected chi connectivity index (χ1v) is 14.0. The number of aliphatic hydroxyl groups excluding tert-OH is 1. The lowest BCUT2D eigenvalue weighted by Gasteiger charge is -2.56. The number of hydrogen-bond acceptors (Lipinski definition) is 3. The molecule has 6 rings (SSSR count). The zero-order valence-electron chi connectivity index (χ0n) is 21.7. The third kappa shape index (κ3) is 3.64. The van der Waals surface area contributed by atoms with E-state index in [4.69, 9.17) is 9.47 Å². The number of allylic oxidation sites excluding steroid dienone is 1. The molecule has 3 heteroatoms. The molecule has 34 heavy (non-hydrogen) atoms. The molecule has 3 fully saturated rings. The number of fused-ring (bicyclic) bond motifs is 4. The maximum absolute atomic E-state index is 11.1. The summed E-state index contributed by atoms with van der Waals surface area (Å²) in [5.41, 5.74) is 6.47. The van der Waals surface area contributed by atoms with Crippen LogP contribution < -0.4 is 0 Å². The molecule has 1 N–H and O–H groups in total. The van der Waals surface area contributed by atoms with Gasteiger partial charge in [-0.2, -0.15) is 0 Å². The van der Waals surface area contributed by atoms with Gasteiger partial charge in [0.2, 0.25) is 0 Å². The van der Waals surface area contributed by atoms with E-state index >= 15 is 0 Å². The highest BCUT2D eigenvalue weighted by molar-refractivity contribution is 5.36. The van der Waals surface area contributed by atoms with Crippen LogP contribution in [0.4, 0.5) is 0 Å². The van der Waals surface area contributed by atoms with Crippen LogP contribution >= 0.6 is 0 Å². The Balaban J connectivity index is 1.36. The van der Waals surface area contributed by atoms with Gasteiger partial charge in [-0.25, -0.2) is 0 Å². The molecule has 0 amide bonds. The van der Waals surface area contributed by atoms with E-state index in [-0.39, 0.29) is 22.7 Å². The van der Waals surface area contributed by atoms with Crippen molar-refractivity contribution >= 4 is 0 Å². The molecule has 1 aromatic carbocycles. The second kappa shape index (κ2) is 8.18. The largest absolute Gasteiger partial charge is 0.393 e. The summed E-state index contributed by atoms with van der Waals surface area (Å²) < 4.78 is 12.9. The second-order valence-electron chi connectivity index (χ2n) is 13.3. The zero-order chi connectivity index (χ0) is 23.7. The minimum Gasteiger partial charge on any atom is -0.393 e. The van der Waals surface area contributed by atoms with Crippen LogP contribution in [-0.2, 0) is 15.9 Å². The number of ether oxygens (including phenoxy) is 2. The van der Waals surface area contributed by atoms with E-state index in [1.807, 2.05) is 0 Å². The quantitative estimate of drug-likeness (QED) is 0.490. The molecule has 1 saturated heterocycles. The number of aliphatic hydroxyl groups is 1. The van der Waals surface area contributed by atoms with E-state index in [2.05, 4.69) is 52.0 Å². The molecule has 0 bridgehead atoms. The van der Waals surface area contributed by atoms with E-state index in [1.54, 1.807) is 11.1 Å². The Morgan fingerprint density at radius 3 is 2.41 bits per heavy atom. The zero-order valence-corrected chi connectivity index (χ0v) is 21.7. The van der Waals surface area contributed by atoms with E-state index < -0.39 is 0 Å². The lowest BCUT2D eigenvalue weighted by atomic mass is 9.49. The van der Waals surface area contributed by atoms with E-state index in [1.165, 1.54) is 30.4 Å². The van der Waals surface area contributed by atoms with Gasteiger partial charge in [-0.15, -0.1) is 0 Å². The van der Waals surface area contributed by atoms with E-state index in [9.17, 15) is 5.11 Å². The maximum Gasteiger partial charge on any atom is 0.172 e. The van der Waals surface area contributed by atoms with Crippen molar-refractivity contribution in [2.75, 3.05) is 13.2 Å². The molecular formula is C31H44O3. The Labute approximate surface area is 206 Å². The minimum absolute atomic E-state index is 0.0599. The molecule has 0 unspecified atom stereocenters. The summed E-state index contributed by atoms with van der Waals surface area (Å²) >= 11 is 0. The molecule has 1 heterocycles. The van der Waals surface area contributed by atoms with Crippen LogP contribution in [0.25, 0.3) is 0 Å². The normalized spacial score (nSPS) is 40.6. The average molecular weight is 465 g/mol. The van der Waals surface area contributed by atoms with E-state index in [0.29, 0.717) is 23.7 Å². The number of benzene rings is 1. The average Bonchev–Trinajstić information content (AvgIpc) is 3.14. The molecule has 3 nitrogen and oxygen atoms in total. The Kier molecular flexibility index (Phi) is 5.59. The number of rotatable bonds is 2. The number of hydrogen-bond donors (Lipinski definition) is 1. The number of aryl methyl sites for hydroxylation is 1. The Morgan fingerprint density at radius 2 is 1.71 bits per heavy atom. The monoisotopic (exact) mass is 464 g/mol. The van der Waals surface area contributed by atoms with Gasteiger partial charge in [-0.3, -0.25) is 0 Å². The predicted octanol–water partition coefficient (Wildman–Crippen LogP) is 6.79. The molecule has 4 aliphatic carbocycles.